The molecule has 0 aliphatic rings. The van der Waals surface area contributed by atoms with Gasteiger partial charge < -0.3 is 0 Å². The van der Waals surface area contributed by atoms with Gasteiger partial charge in [-0.05, 0) is 24.3 Å². The molecule has 2 heteroatoms. The minimum absolute atomic E-state index is 0.753. The molecule has 1 rings (SSSR count). The largest absolute Gasteiger partial charge is 0.143 e. The topological polar surface area (TPSA) is 0 Å². The highest BCUT2D eigenvalue weighted by Crippen LogP contribution is 2.11. The second kappa shape index (κ2) is 5.63. The van der Waals surface area contributed by atoms with Crippen molar-refractivity contribution in [2.45, 2.75) is 18.7 Å². The van der Waals surface area contributed by atoms with Gasteiger partial charge in [-0.1, -0.05) is 25.4 Å². The molecule has 0 unspecified atom stereocenters. The Morgan fingerprint density at radius 2 is 1.50 bits per heavy atom. The molecule has 0 heterocycles. The molecular formula is C8H11ClS. The molecule has 0 saturated heterocycles. The lowest BCUT2D eigenvalue weighted by Crippen LogP contribution is -1.61. The number of hydrogen-bond donors (Lipinski definition) is 1. The van der Waals surface area contributed by atoms with Crippen LogP contribution in [0, 0.1) is 0 Å². The highest BCUT2D eigenvalue weighted by Gasteiger charge is 1.82. The van der Waals surface area contributed by atoms with Gasteiger partial charge in [0.2, 0.25) is 0 Å². The molecule has 0 radical (unpaired) electrons. The van der Waals surface area contributed by atoms with Crippen LogP contribution in [0.2, 0.25) is 5.02 Å². The Balaban J connectivity index is 0.000000371. The van der Waals surface area contributed by atoms with Gasteiger partial charge in [0.1, 0.15) is 0 Å². The summed E-state index contributed by atoms with van der Waals surface area (Å²) in [5, 5.41) is 0.753. The van der Waals surface area contributed by atoms with Gasteiger partial charge in [0, 0.05) is 9.92 Å². The van der Waals surface area contributed by atoms with Crippen molar-refractivity contribution in [2.24, 2.45) is 0 Å². The Morgan fingerprint density at radius 1 is 1.10 bits per heavy atom. The minimum Gasteiger partial charge on any atom is -0.143 e. The van der Waals surface area contributed by atoms with E-state index < -0.39 is 0 Å². The van der Waals surface area contributed by atoms with Crippen molar-refractivity contribution in [3.63, 3.8) is 0 Å². The molecule has 0 bridgehead atoms. The van der Waals surface area contributed by atoms with E-state index in [-0.39, 0.29) is 0 Å². The first-order chi connectivity index (χ1) is 4.79. The molecule has 0 amide bonds. The zero-order chi connectivity index (χ0) is 7.98. The van der Waals surface area contributed by atoms with E-state index in [0.717, 1.165) is 9.92 Å². The van der Waals surface area contributed by atoms with Gasteiger partial charge in [-0.15, -0.1) is 12.6 Å². The highest BCUT2D eigenvalue weighted by molar-refractivity contribution is 7.80. The second-order valence-electron chi connectivity index (χ2n) is 1.48. The summed E-state index contributed by atoms with van der Waals surface area (Å²) in [6, 6.07) is 7.32. The molecule has 56 valence electrons. The van der Waals surface area contributed by atoms with Crippen LogP contribution in [0.1, 0.15) is 13.8 Å². The number of rotatable bonds is 0. The first-order valence-corrected chi connectivity index (χ1v) is 4.06. The van der Waals surface area contributed by atoms with Crippen LogP contribution in [0.5, 0.6) is 0 Å². The summed E-state index contributed by atoms with van der Waals surface area (Å²) in [5.41, 5.74) is 0. The zero-order valence-corrected chi connectivity index (χ0v) is 7.78. The minimum atomic E-state index is 0.753. The summed E-state index contributed by atoms with van der Waals surface area (Å²) in [5.74, 6) is 0. The van der Waals surface area contributed by atoms with Crippen molar-refractivity contribution >= 4 is 24.2 Å². The van der Waals surface area contributed by atoms with Gasteiger partial charge in [0.05, 0.1) is 0 Å². The molecule has 0 aromatic heterocycles. The Morgan fingerprint density at radius 3 is 1.80 bits per heavy atom. The predicted octanol–water partition coefficient (Wildman–Crippen LogP) is 3.65. The van der Waals surface area contributed by atoms with E-state index in [9.17, 15) is 0 Å². The van der Waals surface area contributed by atoms with Gasteiger partial charge in [0.15, 0.2) is 0 Å². The maximum absolute atomic E-state index is 5.58. The predicted molar refractivity (Wildman–Crippen MR) is 50.1 cm³/mol. The number of thiol groups is 1. The van der Waals surface area contributed by atoms with Crippen molar-refractivity contribution in [3.05, 3.63) is 29.3 Å². The number of hydrogen-bond acceptors (Lipinski definition) is 1. The fraction of sp³-hybridized carbons (Fsp3) is 0.250. The van der Waals surface area contributed by atoms with Crippen LogP contribution in [0.3, 0.4) is 0 Å². The highest BCUT2D eigenvalue weighted by atomic mass is 35.5. The van der Waals surface area contributed by atoms with E-state index >= 15 is 0 Å². The summed E-state index contributed by atoms with van der Waals surface area (Å²) < 4.78 is 0. The van der Waals surface area contributed by atoms with Crippen LogP contribution in [-0.2, 0) is 0 Å². The molecule has 10 heavy (non-hydrogen) atoms. The van der Waals surface area contributed by atoms with E-state index in [4.69, 9.17) is 11.6 Å². The third-order valence-electron chi connectivity index (χ3n) is 0.827. The normalized spacial score (nSPS) is 8.00. The van der Waals surface area contributed by atoms with E-state index in [1.54, 1.807) is 0 Å². The van der Waals surface area contributed by atoms with Gasteiger partial charge in [0.25, 0.3) is 0 Å². The van der Waals surface area contributed by atoms with E-state index in [1.807, 2.05) is 38.1 Å². The Bertz CT molecular complexity index is 148. The average Bonchev–Trinajstić information content (AvgIpc) is 2.00. The van der Waals surface area contributed by atoms with Crippen LogP contribution in [0.25, 0.3) is 0 Å². The summed E-state index contributed by atoms with van der Waals surface area (Å²) >= 11 is 9.65. The van der Waals surface area contributed by atoms with Crippen LogP contribution in [0.4, 0.5) is 0 Å². The van der Waals surface area contributed by atoms with Crippen molar-refractivity contribution in [3.8, 4) is 0 Å². The maximum Gasteiger partial charge on any atom is 0.0406 e. The molecule has 1 aromatic carbocycles. The Kier molecular flexibility index (Phi) is 5.55. The molecule has 0 fully saturated rings. The standard InChI is InChI=1S/C6H5ClS.C2H6/c7-5-1-3-6(8)4-2-5;1-2/h1-4,8H;1-2H3. The SMILES string of the molecule is CC.Sc1ccc(Cl)cc1. The number of benzene rings is 1. The molecule has 0 spiro atoms. The molecule has 0 saturated carbocycles. The van der Waals surface area contributed by atoms with E-state index in [2.05, 4.69) is 12.6 Å². The average molecular weight is 175 g/mol. The van der Waals surface area contributed by atoms with Crippen LogP contribution in [-0.4, -0.2) is 0 Å². The second-order valence-corrected chi connectivity index (χ2v) is 2.43. The molecule has 0 nitrogen and oxygen atoms in total. The lowest BCUT2D eigenvalue weighted by Gasteiger charge is -1.87. The molecule has 0 N–H and O–H groups in total. The van der Waals surface area contributed by atoms with Crippen molar-refractivity contribution in [1.29, 1.82) is 0 Å². The lowest BCUT2D eigenvalue weighted by molar-refractivity contribution is 1.48. The summed E-state index contributed by atoms with van der Waals surface area (Å²) in [4.78, 5) is 0.939. The zero-order valence-electron chi connectivity index (χ0n) is 6.13. The van der Waals surface area contributed by atoms with Gasteiger partial charge >= 0.3 is 0 Å². The number of halogens is 1. The van der Waals surface area contributed by atoms with Crippen LogP contribution in [0.15, 0.2) is 29.2 Å². The van der Waals surface area contributed by atoms with Gasteiger partial charge in [-0.2, -0.15) is 0 Å². The summed E-state index contributed by atoms with van der Waals surface area (Å²) in [7, 11) is 0. The van der Waals surface area contributed by atoms with Crippen LogP contribution >= 0.6 is 24.2 Å². The van der Waals surface area contributed by atoms with Gasteiger partial charge in [-0.3, -0.25) is 0 Å². The molecule has 0 aliphatic heterocycles. The van der Waals surface area contributed by atoms with Crippen molar-refractivity contribution in [1.82, 2.24) is 0 Å². The summed E-state index contributed by atoms with van der Waals surface area (Å²) in [6.45, 7) is 4.00. The van der Waals surface area contributed by atoms with Crippen molar-refractivity contribution < 1.29 is 0 Å². The van der Waals surface area contributed by atoms with Crippen LogP contribution < -0.4 is 0 Å². The molecule has 0 atom stereocenters. The van der Waals surface area contributed by atoms with E-state index in [0.29, 0.717) is 0 Å². The first-order valence-electron chi connectivity index (χ1n) is 3.23. The third-order valence-corrected chi connectivity index (χ3v) is 1.38. The van der Waals surface area contributed by atoms with Gasteiger partial charge in [-0.25, -0.2) is 0 Å². The first kappa shape index (κ1) is 9.86. The van der Waals surface area contributed by atoms with E-state index in [1.165, 1.54) is 0 Å². The Labute approximate surface area is 72.6 Å². The fourth-order valence-electron chi connectivity index (χ4n) is 0.441. The monoisotopic (exact) mass is 174 g/mol. The Hall–Kier alpha value is -0.140. The molecular weight excluding hydrogens is 164 g/mol. The summed E-state index contributed by atoms with van der Waals surface area (Å²) in [6.07, 6.45) is 0. The molecule has 0 aliphatic carbocycles. The third kappa shape index (κ3) is 3.80. The van der Waals surface area contributed by atoms with Crippen molar-refractivity contribution in [2.75, 3.05) is 0 Å². The quantitative estimate of drug-likeness (QED) is 0.571. The fourth-order valence-corrected chi connectivity index (χ4v) is 0.716. The smallest absolute Gasteiger partial charge is 0.0406 e. The lowest BCUT2D eigenvalue weighted by atomic mass is 10.4. The maximum atomic E-state index is 5.58. The molecule has 1 aromatic rings.